The second-order valence-electron chi connectivity index (χ2n) is 5.79. The van der Waals surface area contributed by atoms with Crippen molar-refractivity contribution in [2.24, 2.45) is 0 Å². The SMILES string of the molecule is COc1cc2ccc3c(/C=C/C(=O)O)c(OC)c(OC)cc3c2cc1OC. The summed E-state index contributed by atoms with van der Waals surface area (Å²) in [6.45, 7) is 0. The highest BCUT2D eigenvalue weighted by molar-refractivity contribution is 6.12. The Labute approximate surface area is 156 Å². The molecule has 0 aromatic heterocycles. The Kier molecular flexibility index (Phi) is 5.07. The molecule has 6 nitrogen and oxygen atoms in total. The van der Waals surface area contributed by atoms with Crippen molar-refractivity contribution in [3.63, 3.8) is 0 Å². The van der Waals surface area contributed by atoms with E-state index in [0.29, 0.717) is 28.6 Å². The summed E-state index contributed by atoms with van der Waals surface area (Å²) in [5, 5.41) is 12.7. The molecule has 0 radical (unpaired) electrons. The Morgan fingerprint density at radius 2 is 1.44 bits per heavy atom. The van der Waals surface area contributed by atoms with E-state index in [-0.39, 0.29) is 0 Å². The Bertz CT molecular complexity index is 1050. The van der Waals surface area contributed by atoms with Crippen molar-refractivity contribution in [3.8, 4) is 23.0 Å². The lowest BCUT2D eigenvalue weighted by Crippen LogP contribution is -1.96. The largest absolute Gasteiger partial charge is 0.493 e. The van der Waals surface area contributed by atoms with Crippen molar-refractivity contribution in [2.75, 3.05) is 28.4 Å². The zero-order valence-electron chi connectivity index (χ0n) is 15.5. The molecule has 0 bridgehead atoms. The van der Waals surface area contributed by atoms with E-state index in [1.165, 1.54) is 13.2 Å². The first kappa shape index (κ1) is 18.4. The minimum atomic E-state index is -1.04. The summed E-state index contributed by atoms with van der Waals surface area (Å²) in [6.07, 6.45) is 2.59. The summed E-state index contributed by atoms with van der Waals surface area (Å²) in [5.74, 6) is 1.19. The summed E-state index contributed by atoms with van der Waals surface area (Å²) >= 11 is 0. The lowest BCUT2D eigenvalue weighted by Gasteiger charge is -2.16. The van der Waals surface area contributed by atoms with E-state index in [0.717, 1.165) is 27.6 Å². The maximum absolute atomic E-state index is 11.0. The number of benzene rings is 3. The summed E-state index contributed by atoms with van der Waals surface area (Å²) < 4.78 is 21.8. The van der Waals surface area contributed by atoms with Crippen LogP contribution in [0.5, 0.6) is 23.0 Å². The fourth-order valence-corrected chi connectivity index (χ4v) is 3.20. The van der Waals surface area contributed by atoms with Crippen LogP contribution in [0.3, 0.4) is 0 Å². The van der Waals surface area contributed by atoms with Gasteiger partial charge in [0.1, 0.15) is 0 Å². The van der Waals surface area contributed by atoms with Gasteiger partial charge in [-0.15, -0.1) is 0 Å². The van der Waals surface area contributed by atoms with Gasteiger partial charge in [-0.2, -0.15) is 0 Å². The van der Waals surface area contributed by atoms with Gasteiger partial charge in [0.15, 0.2) is 23.0 Å². The molecule has 0 unspecified atom stereocenters. The van der Waals surface area contributed by atoms with Gasteiger partial charge in [-0.05, 0) is 45.8 Å². The van der Waals surface area contributed by atoms with E-state index >= 15 is 0 Å². The van der Waals surface area contributed by atoms with Crippen LogP contribution in [-0.2, 0) is 4.79 Å². The Hall–Kier alpha value is -3.41. The summed E-state index contributed by atoms with van der Waals surface area (Å²) in [7, 11) is 6.24. The normalized spacial score (nSPS) is 11.1. The molecule has 0 heterocycles. The van der Waals surface area contributed by atoms with Gasteiger partial charge in [-0.25, -0.2) is 4.79 Å². The summed E-state index contributed by atoms with van der Waals surface area (Å²) in [5.41, 5.74) is 0.630. The molecular weight excluding hydrogens is 348 g/mol. The van der Waals surface area contributed by atoms with E-state index in [1.807, 2.05) is 30.3 Å². The molecule has 0 amide bonds. The van der Waals surface area contributed by atoms with Gasteiger partial charge >= 0.3 is 5.97 Å². The molecule has 0 spiro atoms. The molecule has 1 N–H and O–H groups in total. The van der Waals surface area contributed by atoms with Gasteiger partial charge in [0.2, 0.25) is 0 Å². The maximum atomic E-state index is 11.0. The third-order valence-electron chi connectivity index (χ3n) is 4.42. The molecule has 6 heteroatoms. The monoisotopic (exact) mass is 368 g/mol. The molecule has 0 saturated heterocycles. The summed E-state index contributed by atoms with van der Waals surface area (Å²) in [4.78, 5) is 11.0. The molecule has 0 atom stereocenters. The van der Waals surface area contributed by atoms with Crippen molar-refractivity contribution < 1.29 is 28.8 Å². The first-order valence-corrected chi connectivity index (χ1v) is 8.18. The standard InChI is InChI=1S/C21H20O6/c1-24-17-9-12-5-6-13-14(7-8-20(22)23)21(27-4)19(26-3)11-16(13)15(12)10-18(17)25-2/h5-11H,1-4H3,(H,22,23)/b8-7+. The van der Waals surface area contributed by atoms with Crippen LogP contribution in [0.2, 0.25) is 0 Å². The number of carbonyl (C=O) groups is 1. The van der Waals surface area contributed by atoms with Crippen LogP contribution in [0.4, 0.5) is 0 Å². The third-order valence-corrected chi connectivity index (χ3v) is 4.42. The second kappa shape index (κ2) is 7.45. The van der Waals surface area contributed by atoms with Gasteiger partial charge in [0.25, 0.3) is 0 Å². The van der Waals surface area contributed by atoms with E-state index in [2.05, 4.69) is 0 Å². The van der Waals surface area contributed by atoms with Crippen LogP contribution >= 0.6 is 0 Å². The van der Waals surface area contributed by atoms with Crippen LogP contribution in [0.15, 0.2) is 36.4 Å². The zero-order valence-corrected chi connectivity index (χ0v) is 15.5. The van der Waals surface area contributed by atoms with Crippen LogP contribution in [0, 0.1) is 0 Å². The molecule has 3 aromatic rings. The van der Waals surface area contributed by atoms with Crippen LogP contribution in [0.1, 0.15) is 5.56 Å². The van der Waals surface area contributed by atoms with Crippen molar-refractivity contribution in [1.82, 2.24) is 0 Å². The van der Waals surface area contributed by atoms with Crippen molar-refractivity contribution in [1.29, 1.82) is 0 Å². The number of carboxylic acid groups (broad SMARTS) is 1. The lowest BCUT2D eigenvalue weighted by molar-refractivity contribution is -0.131. The summed E-state index contributed by atoms with van der Waals surface area (Å²) in [6, 6.07) is 9.54. The molecule has 0 saturated carbocycles. The molecule has 3 aromatic carbocycles. The number of ether oxygens (including phenoxy) is 4. The number of hydrogen-bond acceptors (Lipinski definition) is 5. The Morgan fingerprint density at radius 3 is 2.04 bits per heavy atom. The molecular formula is C21H20O6. The highest BCUT2D eigenvalue weighted by Gasteiger charge is 2.16. The average Bonchev–Trinajstić information content (AvgIpc) is 2.69. The van der Waals surface area contributed by atoms with Gasteiger partial charge < -0.3 is 24.1 Å². The third kappa shape index (κ3) is 3.21. The number of fused-ring (bicyclic) bond motifs is 3. The fourth-order valence-electron chi connectivity index (χ4n) is 3.20. The number of rotatable bonds is 6. The molecule has 0 aliphatic rings. The minimum Gasteiger partial charge on any atom is -0.493 e. The van der Waals surface area contributed by atoms with E-state index in [1.54, 1.807) is 21.3 Å². The van der Waals surface area contributed by atoms with Crippen LogP contribution in [0.25, 0.3) is 27.6 Å². The van der Waals surface area contributed by atoms with E-state index in [4.69, 9.17) is 24.1 Å². The number of carboxylic acids is 1. The molecule has 3 rings (SSSR count). The van der Waals surface area contributed by atoms with Crippen LogP contribution in [-0.4, -0.2) is 39.5 Å². The number of aliphatic carboxylic acids is 1. The topological polar surface area (TPSA) is 74.2 Å². The quantitative estimate of drug-likeness (QED) is 0.521. The first-order valence-electron chi connectivity index (χ1n) is 8.18. The fraction of sp³-hybridized carbons (Fsp3) is 0.190. The zero-order chi connectivity index (χ0) is 19.6. The molecule has 0 fully saturated rings. The average molecular weight is 368 g/mol. The van der Waals surface area contributed by atoms with Crippen molar-refractivity contribution >= 4 is 33.6 Å². The maximum Gasteiger partial charge on any atom is 0.328 e. The van der Waals surface area contributed by atoms with E-state index in [9.17, 15) is 4.79 Å². The highest BCUT2D eigenvalue weighted by atomic mass is 16.5. The van der Waals surface area contributed by atoms with Gasteiger partial charge in [-0.1, -0.05) is 12.1 Å². The second-order valence-corrected chi connectivity index (χ2v) is 5.79. The van der Waals surface area contributed by atoms with Crippen molar-refractivity contribution in [3.05, 3.63) is 42.0 Å². The lowest BCUT2D eigenvalue weighted by atomic mass is 9.96. The highest BCUT2D eigenvalue weighted by Crippen LogP contribution is 2.43. The predicted molar refractivity (Wildman–Crippen MR) is 104 cm³/mol. The van der Waals surface area contributed by atoms with Crippen molar-refractivity contribution in [2.45, 2.75) is 0 Å². The smallest absolute Gasteiger partial charge is 0.328 e. The molecule has 0 aliphatic carbocycles. The number of hydrogen-bond donors (Lipinski definition) is 1. The minimum absolute atomic E-state index is 0.474. The van der Waals surface area contributed by atoms with E-state index < -0.39 is 5.97 Å². The molecule has 0 aliphatic heterocycles. The number of methoxy groups -OCH3 is 4. The Morgan fingerprint density at radius 1 is 0.815 bits per heavy atom. The van der Waals surface area contributed by atoms with Gasteiger partial charge in [0.05, 0.1) is 28.4 Å². The van der Waals surface area contributed by atoms with Gasteiger partial charge in [0, 0.05) is 11.6 Å². The first-order chi connectivity index (χ1) is 13.0. The Balaban J connectivity index is 2.45. The van der Waals surface area contributed by atoms with Gasteiger partial charge in [-0.3, -0.25) is 0 Å². The predicted octanol–water partition coefficient (Wildman–Crippen LogP) is 4.13. The molecule has 140 valence electrons. The van der Waals surface area contributed by atoms with Crippen LogP contribution < -0.4 is 18.9 Å². The molecule has 27 heavy (non-hydrogen) atoms.